The van der Waals surface area contributed by atoms with Crippen LogP contribution in [0.4, 0.5) is 0 Å². The van der Waals surface area contributed by atoms with Gasteiger partial charge in [0.1, 0.15) is 12.7 Å². The van der Waals surface area contributed by atoms with Gasteiger partial charge >= 0.3 is 0 Å². The van der Waals surface area contributed by atoms with E-state index in [0.717, 1.165) is 19.4 Å². The number of aliphatic hydroxyl groups excluding tert-OH is 1. The highest BCUT2D eigenvalue weighted by molar-refractivity contribution is 5.77. The highest BCUT2D eigenvalue weighted by atomic mass is 16.5. The summed E-state index contributed by atoms with van der Waals surface area (Å²) in [5.41, 5.74) is 0. The molecule has 0 radical (unpaired) electrons. The van der Waals surface area contributed by atoms with E-state index in [-0.39, 0.29) is 24.7 Å². The number of likely N-dealkylation sites (N-methyl/N-ethyl adjacent to an activating group) is 1. The maximum absolute atomic E-state index is 11.4. The van der Waals surface area contributed by atoms with Crippen molar-refractivity contribution in [1.82, 2.24) is 10.2 Å². The van der Waals surface area contributed by atoms with Crippen LogP contribution in [0.3, 0.4) is 0 Å². The van der Waals surface area contributed by atoms with Gasteiger partial charge in [0.25, 0.3) is 0 Å². The molecule has 1 heterocycles. The topological polar surface area (TPSA) is 71.0 Å². The van der Waals surface area contributed by atoms with Gasteiger partial charge in [0.05, 0.1) is 18.8 Å². The maximum atomic E-state index is 11.4. The molecule has 0 aromatic carbocycles. The maximum Gasteiger partial charge on any atom is 0.246 e. The number of aliphatic hydroxyl groups is 1. The first-order chi connectivity index (χ1) is 9.08. The van der Waals surface area contributed by atoms with Gasteiger partial charge in [-0.1, -0.05) is 13.3 Å². The SMILES string of the molecule is CCCCN(C)C[C@@H]1OC[C@H](NC(=O)COC)[C@H]1O. The third-order valence-electron chi connectivity index (χ3n) is 3.29. The van der Waals surface area contributed by atoms with E-state index >= 15 is 0 Å². The Balaban J connectivity index is 2.33. The van der Waals surface area contributed by atoms with Crippen LogP contribution in [0.5, 0.6) is 0 Å². The Hall–Kier alpha value is -0.690. The Bertz CT molecular complexity index is 275. The molecular weight excluding hydrogens is 248 g/mol. The second kappa shape index (κ2) is 8.47. The number of methoxy groups -OCH3 is 1. The van der Waals surface area contributed by atoms with Crippen LogP contribution in [-0.2, 0) is 14.3 Å². The molecule has 0 unspecified atom stereocenters. The van der Waals surface area contributed by atoms with Gasteiger partial charge in [-0.05, 0) is 20.0 Å². The Morgan fingerprint density at radius 1 is 1.58 bits per heavy atom. The monoisotopic (exact) mass is 274 g/mol. The van der Waals surface area contributed by atoms with E-state index in [2.05, 4.69) is 17.1 Å². The zero-order valence-corrected chi connectivity index (χ0v) is 12.1. The number of amides is 1. The van der Waals surface area contributed by atoms with Crippen LogP contribution in [0.15, 0.2) is 0 Å². The molecule has 3 atom stereocenters. The minimum atomic E-state index is -0.662. The number of rotatable bonds is 8. The Kier molecular flexibility index (Phi) is 7.30. The number of carbonyl (C=O) groups is 1. The molecule has 1 rings (SSSR count). The van der Waals surface area contributed by atoms with E-state index < -0.39 is 6.10 Å². The van der Waals surface area contributed by atoms with Crippen molar-refractivity contribution < 1.29 is 19.4 Å². The third-order valence-corrected chi connectivity index (χ3v) is 3.29. The lowest BCUT2D eigenvalue weighted by molar-refractivity contribution is -0.126. The Morgan fingerprint density at radius 3 is 2.95 bits per heavy atom. The number of hydrogen-bond acceptors (Lipinski definition) is 5. The number of carbonyl (C=O) groups excluding carboxylic acids is 1. The molecule has 1 amide bonds. The zero-order valence-electron chi connectivity index (χ0n) is 12.1. The molecule has 0 bridgehead atoms. The van der Waals surface area contributed by atoms with Gasteiger partial charge in [0.15, 0.2) is 0 Å². The predicted molar refractivity (Wildman–Crippen MR) is 72.0 cm³/mol. The molecule has 0 aromatic rings. The number of ether oxygens (including phenoxy) is 2. The van der Waals surface area contributed by atoms with Gasteiger partial charge in [-0.25, -0.2) is 0 Å². The summed E-state index contributed by atoms with van der Waals surface area (Å²) in [6.45, 7) is 4.17. The van der Waals surface area contributed by atoms with Gasteiger partial charge in [-0.2, -0.15) is 0 Å². The summed E-state index contributed by atoms with van der Waals surface area (Å²) in [5, 5.41) is 12.9. The molecule has 19 heavy (non-hydrogen) atoms. The van der Waals surface area contributed by atoms with E-state index in [9.17, 15) is 9.90 Å². The fraction of sp³-hybridized carbons (Fsp3) is 0.923. The van der Waals surface area contributed by atoms with Crippen molar-refractivity contribution in [3.05, 3.63) is 0 Å². The van der Waals surface area contributed by atoms with Crippen molar-refractivity contribution in [3.8, 4) is 0 Å². The minimum absolute atomic E-state index is 0.00426. The lowest BCUT2D eigenvalue weighted by Gasteiger charge is -2.23. The fourth-order valence-electron chi connectivity index (χ4n) is 2.18. The van der Waals surface area contributed by atoms with Gasteiger partial charge in [-0.15, -0.1) is 0 Å². The van der Waals surface area contributed by atoms with Gasteiger partial charge < -0.3 is 24.8 Å². The van der Waals surface area contributed by atoms with Crippen LogP contribution in [0.25, 0.3) is 0 Å². The second-order valence-electron chi connectivity index (χ2n) is 5.09. The highest BCUT2D eigenvalue weighted by Crippen LogP contribution is 2.15. The zero-order chi connectivity index (χ0) is 14.3. The van der Waals surface area contributed by atoms with Crippen molar-refractivity contribution in [2.45, 2.75) is 38.0 Å². The molecule has 0 spiro atoms. The number of hydrogen-bond donors (Lipinski definition) is 2. The minimum Gasteiger partial charge on any atom is -0.388 e. The summed E-state index contributed by atoms with van der Waals surface area (Å²) >= 11 is 0. The Labute approximate surface area is 115 Å². The number of nitrogens with zero attached hydrogens (tertiary/aromatic N) is 1. The summed E-state index contributed by atoms with van der Waals surface area (Å²) in [6.07, 6.45) is 1.38. The first-order valence-corrected chi connectivity index (χ1v) is 6.85. The van der Waals surface area contributed by atoms with Crippen LogP contribution < -0.4 is 5.32 Å². The lowest BCUT2D eigenvalue weighted by atomic mass is 10.1. The van der Waals surface area contributed by atoms with Crippen molar-refractivity contribution in [1.29, 1.82) is 0 Å². The number of unbranched alkanes of at least 4 members (excludes halogenated alkanes) is 1. The van der Waals surface area contributed by atoms with Gasteiger partial charge in [-0.3, -0.25) is 4.79 Å². The lowest BCUT2D eigenvalue weighted by Crippen LogP contribution is -2.47. The molecule has 112 valence electrons. The molecule has 0 aromatic heterocycles. The average molecular weight is 274 g/mol. The third kappa shape index (κ3) is 5.44. The molecule has 2 N–H and O–H groups in total. The van der Waals surface area contributed by atoms with Gasteiger partial charge in [0, 0.05) is 13.7 Å². The Morgan fingerprint density at radius 2 is 2.32 bits per heavy atom. The van der Waals surface area contributed by atoms with Gasteiger partial charge in [0.2, 0.25) is 5.91 Å². The van der Waals surface area contributed by atoms with E-state index in [1.54, 1.807) is 0 Å². The second-order valence-corrected chi connectivity index (χ2v) is 5.09. The smallest absolute Gasteiger partial charge is 0.246 e. The van der Waals surface area contributed by atoms with E-state index in [0.29, 0.717) is 13.2 Å². The summed E-state index contributed by atoms with van der Waals surface area (Å²) < 4.78 is 10.3. The molecule has 1 aliphatic rings. The molecule has 1 aliphatic heterocycles. The first kappa shape index (κ1) is 16.4. The molecule has 6 nitrogen and oxygen atoms in total. The van der Waals surface area contributed by atoms with Crippen LogP contribution >= 0.6 is 0 Å². The molecule has 0 aliphatic carbocycles. The molecule has 0 saturated carbocycles. The quantitative estimate of drug-likeness (QED) is 0.631. The summed E-state index contributed by atoms with van der Waals surface area (Å²) in [5.74, 6) is -0.227. The van der Waals surface area contributed by atoms with Crippen LogP contribution in [0, 0.1) is 0 Å². The van der Waals surface area contributed by atoms with Crippen molar-refractivity contribution in [3.63, 3.8) is 0 Å². The van der Waals surface area contributed by atoms with Crippen LogP contribution in [-0.4, -0.2) is 74.6 Å². The highest BCUT2D eigenvalue weighted by Gasteiger charge is 2.37. The first-order valence-electron chi connectivity index (χ1n) is 6.85. The standard InChI is InChI=1S/C13H26N2O4/c1-4-5-6-15(2)7-11-13(17)10(8-19-11)14-12(16)9-18-3/h10-11,13,17H,4-9H2,1-3H3,(H,14,16)/t10-,11-,13+/m0/s1. The van der Waals surface area contributed by atoms with Crippen molar-refractivity contribution >= 4 is 5.91 Å². The van der Waals surface area contributed by atoms with Crippen molar-refractivity contribution in [2.24, 2.45) is 0 Å². The van der Waals surface area contributed by atoms with E-state index in [4.69, 9.17) is 9.47 Å². The molecule has 1 fully saturated rings. The van der Waals surface area contributed by atoms with Crippen molar-refractivity contribution in [2.75, 3.05) is 40.5 Å². The molecule has 1 saturated heterocycles. The predicted octanol–water partition coefficient (Wildman–Crippen LogP) is -0.391. The number of nitrogens with one attached hydrogen (secondary N) is 1. The average Bonchev–Trinajstić information content (AvgIpc) is 2.69. The van der Waals surface area contributed by atoms with E-state index in [1.165, 1.54) is 7.11 Å². The summed E-state index contributed by atoms with van der Waals surface area (Å²) in [6, 6.07) is -0.341. The molecule has 6 heteroatoms. The fourth-order valence-corrected chi connectivity index (χ4v) is 2.18. The normalized spacial score (nSPS) is 26.9. The molecular formula is C13H26N2O4. The van der Waals surface area contributed by atoms with Crippen LogP contribution in [0.2, 0.25) is 0 Å². The summed E-state index contributed by atoms with van der Waals surface area (Å²) in [4.78, 5) is 13.6. The summed E-state index contributed by atoms with van der Waals surface area (Å²) in [7, 11) is 3.48. The largest absolute Gasteiger partial charge is 0.388 e. The van der Waals surface area contributed by atoms with Crippen LogP contribution in [0.1, 0.15) is 19.8 Å². The van der Waals surface area contributed by atoms with E-state index in [1.807, 2.05) is 7.05 Å².